The van der Waals surface area contributed by atoms with Crippen molar-refractivity contribution >= 4 is 23.3 Å². The Labute approximate surface area is 111 Å². The molecule has 3 N–H and O–H groups in total. The number of anilines is 1. The number of pyridine rings is 1. The van der Waals surface area contributed by atoms with Crippen molar-refractivity contribution in [2.24, 2.45) is 11.8 Å². The van der Waals surface area contributed by atoms with Gasteiger partial charge >= 0.3 is 0 Å². The summed E-state index contributed by atoms with van der Waals surface area (Å²) in [7, 11) is 0. The third-order valence-electron chi connectivity index (χ3n) is 4.13. The van der Waals surface area contributed by atoms with E-state index in [1.165, 1.54) is 19.3 Å². The first kappa shape index (κ1) is 11.8. The highest BCUT2D eigenvalue weighted by Gasteiger charge is 2.40. The van der Waals surface area contributed by atoms with E-state index in [1.807, 2.05) is 0 Å². The lowest BCUT2D eigenvalue weighted by atomic mass is 9.95. The number of nitrogens with zero attached hydrogens (tertiary/aromatic N) is 1. The van der Waals surface area contributed by atoms with Crippen molar-refractivity contribution < 1.29 is 4.79 Å². The van der Waals surface area contributed by atoms with Gasteiger partial charge in [0.1, 0.15) is 11.0 Å². The summed E-state index contributed by atoms with van der Waals surface area (Å²) in [5.74, 6) is 1.66. The summed E-state index contributed by atoms with van der Waals surface area (Å²) in [6.45, 7) is 0. The Morgan fingerprint density at radius 1 is 1.39 bits per heavy atom. The minimum atomic E-state index is -0.0939. The Morgan fingerprint density at radius 2 is 2.22 bits per heavy atom. The number of rotatable bonds is 2. The molecule has 0 aliphatic heterocycles. The van der Waals surface area contributed by atoms with Crippen LogP contribution in [-0.2, 0) is 0 Å². The normalized spacial score (nSPS) is 29.5. The third kappa shape index (κ3) is 2.17. The molecule has 5 heteroatoms. The maximum Gasteiger partial charge on any atom is 0.251 e. The lowest BCUT2D eigenvalue weighted by molar-refractivity contribution is 0.0923. The average molecular weight is 266 g/mol. The number of halogens is 1. The zero-order chi connectivity index (χ0) is 12.7. The van der Waals surface area contributed by atoms with Crippen LogP contribution in [0.4, 0.5) is 5.82 Å². The van der Waals surface area contributed by atoms with Crippen LogP contribution in [0.5, 0.6) is 0 Å². The number of nitrogens with two attached hydrogens (primary N) is 1. The summed E-state index contributed by atoms with van der Waals surface area (Å²) in [4.78, 5) is 16.0. The summed E-state index contributed by atoms with van der Waals surface area (Å²) in [6.07, 6.45) is 4.95. The van der Waals surface area contributed by atoms with Crippen LogP contribution in [0.1, 0.15) is 36.0 Å². The predicted molar refractivity (Wildman–Crippen MR) is 70.4 cm³/mol. The molecule has 1 aromatic rings. The van der Waals surface area contributed by atoms with Gasteiger partial charge in [0.25, 0.3) is 5.91 Å². The standard InChI is InChI=1S/C13H16ClN3O/c14-11-5-9(6-12(15)17-11)13(18)16-10-4-7-1-2-8(10)3-7/h5-8,10H,1-4H2,(H2,15,17)(H,16,18). The van der Waals surface area contributed by atoms with Crippen molar-refractivity contribution in [3.63, 3.8) is 0 Å². The van der Waals surface area contributed by atoms with E-state index in [9.17, 15) is 4.79 Å². The number of aromatic nitrogens is 1. The zero-order valence-corrected chi connectivity index (χ0v) is 10.8. The van der Waals surface area contributed by atoms with Gasteiger partial charge in [-0.05, 0) is 43.2 Å². The molecule has 1 aromatic heterocycles. The van der Waals surface area contributed by atoms with Crippen molar-refractivity contribution in [1.29, 1.82) is 0 Å². The molecule has 3 rings (SSSR count). The van der Waals surface area contributed by atoms with E-state index >= 15 is 0 Å². The molecule has 2 aliphatic carbocycles. The Kier molecular flexibility index (Phi) is 2.90. The Morgan fingerprint density at radius 3 is 2.83 bits per heavy atom. The van der Waals surface area contributed by atoms with E-state index < -0.39 is 0 Å². The minimum absolute atomic E-state index is 0.0939. The fourth-order valence-electron chi connectivity index (χ4n) is 3.32. The number of carbonyl (C=O) groups excluding carboxylic acids is 1. The van der Waals surface area contributed by atoms with Gasteiger partial charge in [-0.3, -0.25) is 4.79 Å². The molecule has 2 saturated carbocycles. The Balaban J connectivity index is 1.71. The second-order valence-corrected chi connectivity index (χ2v) is 5.75. The molecule has 0 aromatic carbocycles. The van der Waals surface area contributed by atoms with E-state index in [0.29, 0.717) is 17.5 Å². The van der Waals surface area contributed by atoms with E-state index in [4.69, 9.17) is 17.3 Å². The summed E-state index contributed by atoms with van der Waals surface area (Å²) in [5, 5.41) is 3.36. The molecule has 3 unspecified atom stereocenters. The topological polar surface area (TPSA) is 68.0 Å². The molecule has 4 nitrogen and oxygen atoms in total. The quantitative estimate of drug-likeness (QED) is 0.806. The van der Waals surface area contributed by atoms with Crippen molar-refractivity contribution in [2.75, 3.05) is 5.73 Å². The summed E-state index contributed by atoms with van der Waals surface area (Å²) in [5.41, 5.74) is 6.09. The van der Waals surface area contributed by atoms with Crippen LogP contribution >= 0.6 is 11.6 Å². The SMILES string of the molecule is Nc1cc(C(=O)NC2CC3CCC2C3)cc(Cl)n1. The van der Waals surface area contributed by atoms with Crippen molar-refractivity contribution in [3.05, 3.63) is 22.8 Å². The van der Waals surface area contributed by atoms with Crippen LogP contribution in [0, 0.1) is 11.8 Å². The van der Waals surface area contributed by atoms with Gasteiger partial charge in [0.2, 0.25) is 0 Å². The van der Waals surface area contributed by atoms with Gasteiger partial charge in [0, 0.05) is 11.6 Å². The van der Waals surface area contributed by atoms with Crippen LogP contribution in [0.3, 0.4) is 0 Å². The van der Waals surface area contributed by atoms with Crippen LogP contribution in [-0.4, -0.2) is 16.9 Å². The molecular weight excluding hydrogens is 250 g/mol. The molecule has 96 valence electrons. The van der Waals surface area contributed by atoms with E-state index in [2.05, 4.69) is 10.3 Å². The molecule has 0 saturated heterocycles. The van der Waals surface area contributed by atoms with Gasteiger partial charge in [-0.1, -0.05) is 18.0 Å². The second kappa shape index (κ2) is 4.43. The fourth-order valence-corrected chi connectivity index (χ4v) is 3.54. The smallest absolute Gasteiger partial charge is 0.251 e. The number of hydrogen-bond donors (Lipinski definition) is 2. The Hall–Kier alpha value is -1.29. The van der Waals surface area contributed by atoms with Crippen molar-refractivity contribution in [1.82, 2.24) is 10.3 Å². The molecule has 0 spiro atoms. The van der Waals surface area contributed by atoms with Crippen LogP contribution in [0.25, 0.3) is 0 Å². The van der Waals surface area contributed by atoms with Crippen molar-refractivity contribution in [3.8, 4) is 0 Å². The van der Waals surface area contributed by atoms with Gasteiger partial charge in [0.15, 0.2) is 0 Å². The molecule has 3 atom stereocenters. The number of carbonyl (C=O) groups is 1. The van der Waals surface area contributed by atoms with Gasteiger partial charge < -0.3 is 11.1 Å². The summed E-state index contributed by atoms with van der Waals surface area (Å²) in [6, 6.07) is 3.44. The molecular formula is C13H16ClN3O. The number of amides is 1. The van der Waals surface area contributed by atoms with Crippen LogP contribution in [0.2, 0.25) is 5.15 Å². The third-order valence-corrected chi connectivity index (χ3v) is 4.32. The highest BCUT2D eigenvalue weighted by molar-refractivity contribution is 6.29. The van der Waals surface area contributed by atoms with E-state index in [1.54, 1.807) is 12.1 Å². The molecule has 1 heterocycles. The largest absolute Gasteiger partial charge is 0.384 e. The summed E-state index contributed by atoms with van der Waals surface area (Å²) < 4.78 is 0. The van der Waals surface area contributed by atoms with Gasteiger partial charge in [-0.25, -0.2) is 4.98 Å². The Bertz CT molecular complexity index is 471. The lowest BCUT2D eigenvalue weighted by Gasteiger charge is -2.22. The first-order chi connectivity index (χ1) is 8.61. The number of nitrogen functional groups attached to an aromatic ring is 1. The second-order valence-electron chi connectivity index (χ2n) is 5.36. The molecule has 18 heavy (non-hydrogen) atoms. The molecule has 2 fully saturated rings. The summed E-state index contributed by atoms with van der Waals surface area (Å²) >= 11 is 5.80. The van der Waals surface area contributed by atoms with E-state index in [-0.39, 0.29) is 16.9 Å². The van der Waals surface area contributed by atoms with Gasteiger partial charge in [-0.15, -0.1) is 0 Å². The average Bonchev–Trinajstić information content (AvgIpc) is 2.89. The van der Waals surface area contributed by atoms with Gasteiger partial charge in [0.05, 0.1) is 0 Å². The zero-order valence-electron chi connectivity index (χ0n) is 10.0. The minimum Gasteiger partial charge on any atom is -0.384 e. The maximum absolute atomic E-state index is 12.1. The predicted octanol–water partition coefficient (Wildman–Crippen LogP) is 2.24. The van der Waals surface area contributed by atoms with Crippen molar-refractivity contribution in [2.45, 2.75) is 31.7 Å². The van der Waals surface area contributed by atoms with E-state index in [0.717, 1.165) is 12.3 Å². The first-order valence-corrected chi connectivity index (χ1v) is 6.73. The molecule has 2 bridgehead atoms. The lowest BCUT2D eigenvalue weighted by Crippen LogP contribution is -2.38. The number of nitrogens with one attached hydrogen (secondary N) is 1. The number of hydrogen-bond acceptors (Lipinski definition) is 3. The van der Waals surface area contributed by atoms with Crippen LogP contribution in [0.15, 0.2) is 12.1 Å². The first-order valence-electron chi connectivity index (χ1n) is 6.36. The highest BCUT2D eigenvalue weighted by atomic mass is 35.5. The van der Waals surface area contributed by atoms with Gasteiger partial charge in [-0.2, -0.15) is 0 Å². The molecule has 0 radical (unpaired) electrons. The number of fused-ring (bicyclic) bond motifs is 2. The monoisotopic (exact) mass is 265 g/mol. The maximum atomic E-state index is 12.1. The molecule has 1 amide bonds. The molecule has 2 aliphatic rings. The fraction of sp³-hybridized carbons (Fsp3) is 0.538. The highest BCUT2D eigenvalue weighted by Crippen LogP contribution is 2.44. The van der Waals surface area contributed by atoms with Crippen LogP contribution < -0.4 is 11.1 Å².